The molecule has 1 amide bonds. The van der Waals surface area contributed by atoms with Crippen LogP contribution in [-0.4, -0.2) is 49.2 Å². The molecule has 0 aromatic carbocycles. The zero-order valence-corrected chi connectivity index (χ0v) is 10.9. The number of nitrogens with one attached hydrogen (secondary N) is 1. The Kier molecular flexibility index (Phi) is 4.40. The van der Waals surface area contributed by atoms with Crippen molar-refractivity contribution in [2.45, 2.75) is 45.2 Å². The summed E-state index contributed by atoms with van der Waals surface area (Å²) >= 11 is 0. The summed E-state index contributed by atoms with van der Waals surface area (Å²) in [4.78, 5) is 14.3. The minimum atomic E-state index is 0.211. The van der Waals surface area contributed by atoms with Crippen LogP contribution in [0.2, 0.25) is 0 Å². The van der Waals surface area contributed by atoms with Crippen molar-refractivity contribution >= 4 is 5.91 Å². The number of piperidine rings is 1. The van der Waals surface area contributed by atoms with Gasteiger partial charge in [-0.2, -0.15) is 0 Å². The van der Waals surface area contributed by atoms with E-state index in [-0.39, 0.29) is 11.9 Å². The van der Waals surface area contributed by atoms with Crippen molar-refractivity contribution < 1.29 is 9.53 Å². The molecule has 0 saturated carbocycles. The number of carbonyl (C=O) groups excluding carboxylic acids is 1. The quantitative estimate of drug-likeness (QED) is 0.783. The number of rotatable bonds is 2. The van der Waals surface area contributed by atoms with Gasteiger partial charge in [-0.3, -0.25) is 4.79 Å². The Morgan fingerprint density at radius 3 is 2.94 bits per heavy atom. The lowest BCUT2D eigenvalue weighted by molar-refractivity contribution is -0.136. The second-order valence-electron chi connectivity index (χ2n) is 5.50. The van der Waals surface area contributed by atoms with Gasteiger partial charge in [0, 0.05) is 31.6 Å². The van der Waals surface area contributed by atoms with Gasteiger partial charge in [0.2, 0.25) is 5.91 Å². The second-order valence-corrected chi connectivity index (χ2v) is 5.50. The molecule has 4 nitrogen and oxygen atoms in total. The van der Waals surface area contributed by atoms with Crippen LogP contribution in [0.5, 0.6) is 0 Å². The Morgan fingerprint density at radius 2 is 2.29 bits per heavy atom. The maximum absolute atomic E-state index is 12.2. The molecule has 3 unspecified atom stereocenters. The zero-order chi connectivity index (χ0) is 12.3. The van der Waals surface area contributed by atoms with Crippen molar-refractivity contribution in [1.29, 1.82) is 0 Å². The highest BCUT2D eigenvalue weighted by Gasteiger charge is 2.28. The molecule has 0 radical (unpaired) electrons. The smallest absolute Gasteiger partial charge is 0.224 e. The monoisotopic (exact) mass is 240 g/mol. The summed E-state index contributed by atoms with van der Waals surface area (Å²) in [5.41, 5.74) is 0. The number of carbonyl (C=O) groups is 1. The number of hydrogen-bond donors (Lipinski definition) is 1. The van der Waals surface area contributed by atoms with Crippen molar-refractivity contribution in [3.05, 3.63) is 0 Å². The zero-order valence-electron chi connectivity index (χ0n) is 10.9. The fraction of sp³-hybridized carbons (Fsp3) is 0.923. The van der Waals surface area contributed by atoms with Crippen LogP contribution in [-0.2, 0) is 9.53 Å². The first-order chi connectivity index (χ1) is 8.16. The van der Waals surface area contributed by atoms with Crippen LogP contribution < -0.4 is 5.32 Å². The molecule has 0 aromatic rings. The van der Waals surface area contributed by atoms with Crippen LogP contribution in [0.1, 0.15) is 33.1 Å². The third-order valence-corrected chi connectivity index (χ3v) is 3.88. The second kappa shape index (κ2) is 5.83. The van der Waals surface area contributed by atoms with E-state index in [2.05, 4.69) is 24.1 Å². The highest BCUT2D eigenvalue weighted by molar-refractivity contribution is 5.77. The van der Waals surface area contributed by atoms with E-state index in [0.717, 1.165) is 38.5 Å². The van der Waals surface area contributed by atoms with Crippen molar-refractivity contribution in [1.82, 2.24) is 10.2 Å². The third-order valence-electron chi connectivity index (χ3n) is 3.88. The molecule has 0 aliphatic carbocycles. The highest BCUT2D eigenvalue weighted by atomic mass is 16.5. The molecule has 0 spiro atoms. The normalized spacial score (nSPS) is 34.7. The lowest BCUT2D eigenvalue weighted by atomic mass is 9.93. The standard InChI is InChI=1S/C13H24N2O2/c1-10-3-5-15(11(2)7-10)13(16)8-12-9-17-6-4-14-12/h10-12,14H,3-9H2,1-2H3. The molecule has 4 heteroatoms. The van der Waals surface area contributed by atoms with E-state index in [9.17, 15) is 4.79 Å². The minimum absolute atomic E-state index is 0.211. The van der Waals surface area contributed by atoms with Gasteiger partial charge >= 0.3 is 0 Å². The summed E-state index contributed by atoms with van der Waals surface area (Å²) in [6.45, 7) is 7.67. The van der Waals surface area contributed by atoms with E-state index < -0.39 is 0 Å². The van der Waals surface area contributed by atoms with Crippen LogP contribution in [0.4, 0.5) is 0 Å². The predicted molar refractivity (Wildman–Crippen MR) is 66.8 cm³/mol. The summed E-state index contributed by atoms with van der Waals surface area (Å²) in [6.07, 6.45) is 2.86. The summed E-state index contributed by atoms with van der Waals surface area (Å²) in [5.74, 6) is 1.04. The Bertz CT molecular complexity index is 264. The third kappa shape index (κ3) is 3.42. The minimum Gasteiger partial charge on any atom is -0.378 e. The summed E-state index contributed by atoms with van der Waals surface area (Å²) in [7, 11) is 0. The molecular weight excluding hydrogens is 216 g/mol. The van der Waals surface area contributed by atoms with Gasteiger partial charge < -0.3 is 15.0 Å². The van der Waals surface area contributed by atoms with Gasteiger partial charge in [0.25, 0.3) is 0 Å². The van der Waals surface area contributed by atoms with Gasteiger partial charge in [-0.15, -0.1) is 0 Å². The van der Waals surface area contributed by atoms with Gasteiger partial charge in [-0.05, 0) is 25.7 Å². The van der Waals surface area contributed by atoms with Crippen LogP contribution in [0.25, 0.3) is 0 Å². The number of morpholine rings is 1. The first kappa shape index (κ1) is 12.8. The fourth-order valence-corrected chi connectivity index (χ4v) is 2.86. The van der Waals surface area contributed by atoms with Gasteiger partial charge in [0.15, 0.2) is 0 Å². The van der Waals surface area contributed by atoms with E-state index in [1.807, 2.05) is 0 Å². The van der Waals surface area contributed by atoms with E-state index in [4.69, 9.17) is 4.74 Å². The Hall–Kier alpha value is -0.610. The number of nitrogens with zero attached hydrogens (tertiary/aromatic N) is 1. The molecule has 2 fully saturated rings. The lowest BCUT2D eigenvalue weighted by Crippen LogP contribution is -2.49. The molecule has 2 saturated heterocycles. The molecule has 17 heavy (non-hydrogen) atoms. The SMILES string of the molecule is CC1CCN(C(=O)CC2COCCN2)C(C)C1. The topological polar surface area (TPSA) is 41.6 Å². The summed E-state index contributed by atoms with van der Waals surface area (Å²) in [6, 6.07) is 0.610. The summed E-state index contributed by atoms with van der Waals surface area (Å²) < 4.78 is 5.38. The Morgan fingerprint density at radius 1 is 1.47 bits per heavy atom. The molecule has 2 aliphatic heterocycles. The highest BCUT2D eigenvalue weighted by Crippen LogP contribution is 2.23. The van der Waals surface area contributed by atoms with E-state index >= 15 is 0 Å². The van der Waals surface area contributed by atoms with Crippen molar-refractivity contribution in [2.75, 3.05) is 26.3 Å². The predicted octanol–water partition coefficient (Wildman–Crippen LogP) is 1.01. The van der Waals surface area contributed by atoms with Crippen molar-refractivity contribution in [3.63, 3.8) is 0 Å². The van der Waals surface area contributed by atoms with E-state index in [1.165, 1.54) is 0 Å². The van der Waals surface area contributed by atoms with Crippen molar-refractivity contribution in [3.8, 4) is 0 Å². The van der Waals surface area contributed by atoms with Gasteiger partial charge in [-0.25, -0.2) is 0 Å². The van der Waals surface area contributed by atoms with Gasteiger partial charge in [0.05, 0.1) is 13.2 Å². The lowest BCUT2D eigenvalue weighted by Gasteiger charge is -2.37. The van der Waals surface area contributed by atoms with Crippen LogP contribution in [0, 0.1) is 5.92 Å². The number of likely N-dealkylation sites (tertiary alicyclic amines) is 1. The molecular formula is C13H24N2O2. The molecule has 2 rings (SSSR count). The largest absolute Gasteiger partial charge is 0.378 e. The summed E-state index contributed by atoms with van der Waals surface area (Å²) in [5, 5.41) is 3.34. The number of ether oxygens (including phenoxy) is 1. The number of hydrogen-bond acceptors (Lipinski definition) is 3. The molecule has 2 heterocycles. The first-order valence-corrected chi connectivity index (χ1v) is 6.77. The first-order valence-electron chi connectivity index (χ1n) is 6.77. The van der Waals surface area contributed by atoms with E-state index in [0.29, 0.717) is 19.1 Å². The fourth-order valence-electron chi connectivity index (χ4n) is 2.86. The Labute approximate surface area is 104 Å². The molecule has 3 atom stereocenters. The molecule has 0 bridgehead atoms. The molecule has 2 aliphatic rings. The van der Waals surface area contributed by atoms with Crippen LogP contribution >= 0.6 is 0 Å². The van der Waals surface area contributed by atoms with Crippen molar-refractivity contribution in [2.24, 2.45) is 5.92 Å². The molecule has 0 aromatic heterocycles. The van der Waals surface area contributed by atoms with Crippen LogP contribution in [0.15, 0.2) is 0 Å². The maximum Gasteiger partial charge on any atom is 0.224 e. The average molecular weight is 240 g/mol. The average Bonchev–Trinajstić information content (AvgIpc) is 2.30. The molecule has 98 valence electrons. The molecule has 1 N–H and O–H groups in total. The van der Waals surface area contributed by atoms with E-state index in [1.54, 1.807) is 0 Å². The number of amides is 1. The Balaban J connectivity index is 1.82. The maximum atomic E-state index is 12.2. The van der Waals surface area contributed by atoms with Gasteiger partial charge in [-0.1, -0.05) is 6.92 Å². The van der Waals surface area contributed by atoms with Crippen LogP contribution in [0.3, 0.4) is 0 Å². The van der Waals surface area contributed by atoms with Gasteiger partial charge in [0.1, 0.15) is 0 Å².